The maximum absolute atomic E-state index is 9.62. The third-order valence-electron chi connectivity index (χ3n) is 3.14. The molecule has 2 N–H and O–H groups in total. The highest BCUT2D eigenvalue weighted by atomic mass is 16.3. The van der Waals surface area contributed by atoms with Crippen LogP contribution in [-0.4, -0.2) is 23.8 Å². The van der Waals surface area contributed by atoms with Crippen molar-refractivity contribution in [1.29, 1.82) is 0 Å². The second kappa shape index (κ2) is 5.29. The number of aliphatic hydroxyl groups is 1. The van der Waals surface area contributed by atoms with Crippen LogP contribution in [0.25, 0.3) is 0 Å². The lowest BCUT2D eigenvalue weighted by molar-refractivity contribution is 0.149. The Morgan fingerprint density at radius 2 is 2.00 bits per heavy atom. The van der Waals surface area contributed by atoms with Gasteiger partial charge >= 0.3 is 0 Å². The Morgan fingerprint density at radius 3 is 2.67 bits per heavy atom. The lowest BCUT2D eigenvalue weighted by Gasteiger charge is -2.16. The highest BCUT2D eigenvalue weighted by Crippen LogP contribution is 2.18. The highest BCUT2D eigenvalue weighted by molar-refractivity contribution is 5.14. The fraction of sp³-hybridized carbons (Fsp3) is 0.538. The quantitative estimate of drug-likeness (QED) is 0.784. The predicted molar refractivity (Wildman–Crippen MR) is 61.8 cm³/mol. The van der Waals surface area contributed by atoms with Gasteiger partial charge < -0.3 is 10.4 Å². The molecule has 1 aromatic rings. The molecule has 0 amide bonds. The fourth-order valence-corrected chi connectivity index (χ4v) is 2.23. The molecule has 2 unspecified atom stereocenters. The van der Waals surface area contributed by atoms with Crippen molar-refractivity contribution in [3.8, 4) is 0 Å². The van der Waals surface area contributed by atoms with Gasteiger partial charge in [-0.25, -0.2) is 0 Å². The van der Waals surface area contributed by atoms with Crippen molar-refractivity contribution in [2.75, 3.05) is 6.54 Å². The summed E-state index contributed by atoms with van der Waals surface area (Å²) >= 11 is 0. The monoisotopic (exact) mass is 205 g/mol. The first-order valence-corrected chi connectivity index (χ1v) is 5.81. The summed E-state index contributed by atoms with van der Waals surface area (Å²) in [5, 5.41) is 13.1. The molecule has 1 aromatic carbocycles. The number of aliphatic hydroxyl groups excluding tert-OH is 1. The molecular weight excluding hydrogens is 186 g/mol. The summed E-state index contributed by atoms with van der Waals surface area (Å²) in [6, 6.07) is 10.8. The van der Waals surface area contributed by atoms with Crippen LogP contribution in [0, 0.1) is 0 Å². The van der Waals surface area contributed by atoms with Gasteiger partial charge in [-0.15, -0.1) is 0 Å². The van der Waals surface area contributed by atoms with Gasteiger partial charge in [-0.3, -0.25) is 0 Å². The van der Waals surface area contributed by atoms with Gasteiger partial charge in [-0.1, -0.05) is 30.3 Å². The van der Waals surface area contributed by atoms with Crippen LogP contribution in [0.4, 0.5) is 0 Å². The smallest absolute Gasteiger partial charge is 0.0693 e. The molecule has 1 saturated carbocycles. The molecule has 15 heavy (non-hydrogen) atoms. The van der Waals surface area contributed by atoms with Gasteiger partial charge in [0, 0.05) is 6.04 Å². The molecule has 0 aliphatic heterocycles. The SMILES string of the molecule is OC1CCCC1NCCc1ccccc1. The molecule has 0 radical (unpaired) electrons. The predicted octanol–water partition coefficient (Wildman–Crippen LogP) is 1.73. The Labute approximate surface area is 91.3 Å². The van der Waals surface area contributed by atoms with Crippen LogP contribution in [-0.2, 0) is 6.42 Å². The Morgan fingerprint density at radius 1 is 1.20 bits per heavy atom. The summed E-state index contributed by atoms with van der Waals surface area (Å²) in [5.41, 5.74) is 1.36. The minimum Gasteiger partial charge on any atom is -0.392 e. The molecule has 0 bridgehead atoms. The zero-order valence-electron chi connectivity index (χ0n) is 9.02. The van der Waals surface area contributed by atoms with Gasteiger partial charge in [0.05, 0.1) is 6.10 Å². The molecule has 1 fully saturated rings. The van der Waals surface area contributed by atoms with Crippen LogP contribution in [0.5, 0.6) is 0 Å². The van der Waals surface area contributed by atoms with Crippen molar-refractivity contribution in [2.45, 2.75) is 37.8 Å². The van der Waals surface area contributed by atoms with Crippen molar-refractivity contribution in [1.82, 2.24) is 5.32 Å². The lowest BCUT2D eigenvalue weighted by Crippen LogP contribution is -2.36. The third kappa shape index (κ3) is 3.05. The van der Waals surface area contributed by atoms with E-state index in [0.29, 0.717) is 6.04 Å². The van der Waals surface area contributed by atoms with E-state index in [1.54, 1.807) is 0 Å². The minimum atomic E-state index is -0.124. The van der Waals surface area contributed by atoms with E-state index in [1.807, 2.05) is 6.07 Å². The van der Waals surface area contributed by atoms with Crippen LogP contribution >= 0.6 is 0 Å². The molecule has 2 heteroatoms. The number of nitrogens with one attached hydrogen (secondary N) is 1. The number of hydrogen-bond donors (Lipinski definition) is 2. The van der Waals surface area contributed by atoms with Crippen LogP contribution in [0.1, 0.15) is 24.8 Å². The summed E-state index contributed by atoms with van der Waals surface area (Å²) in [6.07, 6.45) is 4.16. The van der Waals surface area contributed by atoms with E-state index < -0.39 is 0 Å². The van der Waals surface area contributed by atoms with Crippen molar-refractivity contribution in [3.63, 3.8) is 0 Å². The zero-order valence-corrected chi connectivity index (χ0v) is 9.02. The summed E-state index contributed by atoms with van der Waals surface area (Å²) in [6.45, 7) is 0.964. The van der Waals surface area contributed by atoms with Gasteiger partial charge in [-0.2, -0.15) is 0 Å². The first-order valence-electron chi connectivity index (χ1n) is 5.81. The van der Waals surface area contributed by atoms with Crippen molar-refractivity contribution >= 4 is 0 Å². The number of hydrogen-bond acceptors (Lipinski definition) is 2. The van der Waals surface area contributed by atoms with Crippen LogP contribution in [0.3, 0.4) is 0 Å². The Kier molecular flexibility index (Phi) is 3.75. The molecule has 1 aliphatic carbocycles. The van der Waals surface area contributed by atoms with Gasteiger partial charge in [0.1, 0.15) is 0 Å². The topological polar surface area (TPSA) is 32.3 Å². The molecule has 82 valence electrons. The summed E-state index contributed by atoms with van der Waals surface area (Å²) in [4.78, 5) is 0. The largest absolute Gasteiger partial charge is 0.392 e. The van der Waals surface area contributed by atoms with E-state index in [2.05, 4.69) is 29.6 Å². The maximum atomic E-state index is 9.62. The third-order valence-corrected chi connectivity index (χ3v) is 3.14. The normalized spacial score (nSPS) is 25.7. The lowest BCUT2D eigenvalue weighted by atomic mass is 10.1. The second-order valence-corrected chi connectivity index (χ2v) is 4.29. The van der Waals surface area contributed by atoms with Crippen molar-refractivity contribution in [3.05, 3.63) is 35.9 Å². The van der Waals surface area contributed by atoms with Crippen LogP contribution < -0.4 is 5.32 Å². The van der Waals surface area contributed by atoms with Crippen LogP contribution in [0.15, 0.2) is 30.3 Å². The minimum absolute atomic E-state index is 0.124. The molecule has 1 aliphatic rings. The van der Waals surface area contributed by atoms with Gasteiger partial charge in [-0.05, 0) is 37.8 Å². The van der Waals surface area contributed by atoms with E-state index in [9.17, 15) is 5.11 Å². The molecule has 2 atom stereocenters. The Hall–Kier alpha value is -0.860. The first-order chi connectivity index (χ1) is 7.36. The second-order valence-electron chi connectivity index (χ2n) is 4.29. The van der Waals surface area contributed by atoms with Gasteiger partial charge in [0.25, 0.3) is 0 Å². The summed E-state index contributed by atoms with van der Waals surface area (Å²) in [5.74, 6) is 0. The average Bonchev–Trinajstić information content (AvgIpc) is 2.66. The summed E-state index contributed by atoms with van der Waals surface area (Å²) < 4.78 is 0. The molecule has 2 nitrogen and oxygen atoms in total. The van der Waals surface area contributed by atoms with Gasteiger partial charge in [0.2, 0.25) is 0 Å². The maximum Gasteiger partial charge on any atom is 0.0693 e. The fourth-order valence-electron chi connectivity index (χ4n) is 2.23. The summed E-state index contributed by atoms with van der Waals surface area (Å²) in [7, 11) is 0. The van der Waals surface area contributed by atoms with E-state index in [-0.39, 0.29) is 6.10 Å². The number of benzene rings is 1. The Bertz CT molecular complexity index is 286. The standard InChI is InChI=1S/C13H19NO/c15-13-8-4-7-12(13)14-10-9-11-5-2-1-3-6-11/h1-3,5-6,12-15H,4,7-10H2. The van der Waals surface area contributed by atoms with E-state index in [0.717, 1.165) is 32.2 Å². The molecule has 0 aromatic heterocycles. The molecule has 0 spiro atoms. The van der Waals surface area contributed by atoms with Crippen LogP contribution in [0.2, 0.25) is 0 Å². The van der Waals surface area contributed by atoms with Gasteiger partial charge in [0.15, 0.2) is 0 Å². The van der Waals surface area contributed by atoms with Crippen molar-refractivity contribution in [2.24, 2.45) is 0 Å². The Balaban J connectivity index is 1.71. The van der Waals surface area contributed by atoms with Crippen molar-refractivity contribution < 1.29 is 5.11 Å². The van der Waals surface area contributed by atoms with E-state index in [1.165, 1.54) is 5.56 Å². The first kappa shape index (κ1) is 10.7. The molecule has 0 heterocycles. The average molecular weight is 205 g/mol. The zero-order chi connectivity index (χ0) is 10.5. The molecular formula is C13H19NO. The molecule has 0 saturated heterocycles. The van der Waals surface area contributed by atoms with E-state index >= 15 is 0 Å². The highest BCUT2D eigenvalue weighted by Gasteiger charge is 2.23. The van der Waals surface area contributed by atoms with E-state index in [4.69, 9.17) is 0 Å². The number of rotatable bonds is 4. The molecule has 2 rings (SSSR count).